The first-order valence-corrected chi connectivity index (χ1v) is 12.1. The molecule has 2 aliphatic heterocycles. The highest BCUT2D eigenvalue weighted by atomic mass is 35.5. The van der Waals surface area contributed by atoms with Gasteiger partial charge in [-0.15, -0.1) is 0 Å². The predicted octanol–water partition coefficient (Wildman–Crippen LogP) is 5.51. The van der Waals surface area contributed by atoms with Crippen LogP contribution >= 0.6 is 11.6 Å². The van der Waals surface area contributed by atoms with Gasteiger partial charge in [0.05, 0.1) is 22.1 Å². The van der Waals surface area contributed by atoms with E-state index in [1.54, 1.807) is 12.1 Å². The zero-order chi connectivity index (χ0) is 25.0. The Labute approximate surface area is 211 Å². The zero-order valence-electron chi connectivity index (χ0n) is 19.2. The molecule has 2 atom stereocenters. The molecule has 0 aliphatic carbocycles. The number of benzene rings is 3. The molecule has 6 rings (SSSR count). The van der Waals surface area contributed by atoms with E-state index in [-0.39, 0.29) is 44.4 Å². The number of amides is 1. The topological polar surface area (TPSA) is 77.2 Å². The minimum absolute atomic E-state index is 0.0525. The van der Waals surface area contributed by atoms with Gasteiger partial charge >= 0.3 is 0 Å². The van der Waals surface area contributed by atoms with Gasteiger partial charge in [-0.05, 0) is 43.1 Å². The van der Waals surface area contributed by atoms with Crippen molar-refractivity contribution in [1.29, 1.82) is 0 Å². The molecule has 3 heterocycles. The standard InChI is InChI=1S/C28H22ClF2N3O2/c29-25-19(30)13-21-18(14-28(36-21,22-9-5-11-34-22)15-6-2-1-3-7-15)23(25)24-17(27(32)35)12-20-16(26(24)31)8-4-10-33-20/h1-4,6-8,10,12-13,22,34H,5,9,11,14H2,(H2,32,35)/t22-,28-/m0/s1. The Morgan fingerprint density at radius 1 is 1.14 bits per heavy atom. The van der Waals surface area contributed by atoms with Crippen LogP contribution in [0.2, 0.25) is 5.02 Å². The first kappa shape index (κ1) is 22.9. The molecule has 8 heteroatoms. The molecule has 0 unspecified atom stereocenters. The molecule has 4 aromatic rings. The number of ether oxygens (including phenoxy) is 1. The lowest BCUT2D eigenvalue weighted by molar-refractivity contribution is 0.0539. The number of pyridine rings is 1. The van der Waals surface area contributed by atoms with Gasteiger partial charge in [-0.25, -0.2) is 8.78 Å². The van der Waals surface area contributed by atoms with E-state index in [4.69, 9.17) is 22.1 Å². The summed E-state index contributed by atoms with van der Waals surface area (Å²) in [7, 11) is 0. The molecule has 5 nitrogen and oxygen atoms in total. The first-order valence-electron chi connectivity index (χ1n) is 11.8. The third-order valence-corrected chi connectivity index (χ3v) is 7.63. The molecule has 2 aliphatic rings. The minimum Gasteiger partial charge on any atom is -0.480 e. The second-order valence-corrected chi connectivity index (χ2v) is 9.63. The van der Waals surface area contributed by atoms with Crippen LogP contribution in [0.15, 0.2) is 60.8 Å². The third kappa shape index (κ3) is 3.38. The summed E-state index contributed by atoms with van der Waals surface area (Å²) in [4.78, 5) is 16.7. The van der Waals surface area contributed by atoms with E-state index in [0.717, 1.165) is 24.9 Å². The summed E-state index contributed by atoms with van der Waals surface area (Å²) in [5.74, 6) is -2.10. The van der Waals surface area contributed by atoms with E-state index in [2.05, 4.69) is 10.3 Å². The van der Waals surface area contributed by atoms with Gasteiger partial charge in [0, 0.05) is 40.8 Å². The second kappa shape index (κ2) is 8.54. The van der Waals surface area contributed by atoms with Crippen LogP contribution in [0.3, 0.4) is 0 Å². The fourth-order valence-corrected chi connectivity index (χ4v) is 5.90. The van der Waals surface area contributed by atoms with Gasteiger partial charge < -0.3 is 15.8 Å². The predicted molar refractivity (Wildman–Crippen MR) is 134 cm³/mol. The van der Waals surface area contributed by atoms with Gasteiger partial charge in [-0.3, -0.25) is 9.78 Å². The van der Waals surface area contributed by atoms with Crippen molar-refractivity contribution in [2.45, 2.75) is 30.9 Å². The number of hydrogen-bond acceptors (Lipinski definition) is 4. The van der Waals surface area contributed by atoms with Crippen molar-refractivity contribution in [3.8, 4) is 16.9 Å². The molecule has 36 heavy (non-hydrogen) atoms. The van der Waals surface area contributed by atoms with Gasteiger partial charge in [0.25, 0.3) is 0 Å². The summed E-state index contributed by atoms with van der Waals surface area (Å²) in [5, 5.41) is 3.41. The molecule has 1 saturated heterocycles. The summed E-state index contributed by atoms with van der Waals surface area (Å²) in [6.45, 7) is 0.832. The zero-order valence-corrected chi connectivity index (χ0v) is 19.9. The number of aromatic nitrogens is 1. The van der Waals surface area contributed by atoms with Crippen molar-refractivity contribution in [1.82, 2.24) is 10.3 Å². The molecule has 1 aromatic heterocycles. The van der Waals surface area contributed by atoms with E-state index in [9.17, 15) is 4.79 Å². The third-order valence-electron chi connectivity index (χ3n) is 7.26. The van der Waals surface area contributed by atoms with Crippen LogP contribution in [0, 0.1) is 11.6 Å². The SMILES string of the molecule is NC(=O)c1cc2ncccc2c(F)c1-c1c(Cl)c(F)cc2c1C[C@](c1ccccc1)([C@@H]1CCCN1)O2. The molecule has 0 saturated carbocycles. The summed E-state index contributed by atoms with van der Waals surface area (Å²) in [6, 6.07) is 15.5. The smallest absolute Gasteiger partial charge is 0.249 e. The molecule has 3 N–H and O–H groups in total. The number of fused-ring (bicyclic) bond motifs is 2. The number of carbonyl (C=O) groups is 1. The van der Waals surface area contributed by atoms with Crippen molar-refractivity contribution >= 4 is 28.4 Å². The lowest BCUT2D eigenvalue weighted by atomic mass is 9.80. The summed E-state index contributed by atoms with van der Waals surface area (Å²) in [5.41, 5.74) is 6.36. The first-order chi connectivity index (χ1) is 17.4. The summed E-state index contributed by atoms with van der Waals surface area (Å²) in [6.07, 6.45) is 3.63. The molecule has 3 aromatic carbocycles. The van der Waals surface area contributed by atoms with E-state index in [0.29, 0.717) is 12.0 Å². The maximum absolute atomic E-state index is 16.1. The average Bonchev–Trinajstić information content (AvgIpc) is 3.55. The van der Waals surface area contributed by atoms with Crippen LogP contribution in [0.5, 0.6) is 5.75 Å². The number of nitrogens with two attached hydrogens (primary N) is 1. The fourth-order valence-electron chi connectivity index (χ4n) is 5.64. The maximum Gasteiger partial charge on any atom is 0.249 e. The highest BCUT2D eigenvalue weighted by Crippen LogP contribution is 2.52. The number of hydrogen-bond donors (Lipinski definition) is 2. The quantitative estimate of drug-likeness (QED) is 0.383. The molecule has 182 valence electrons. The van der Waals surface area contributed by atoms with Crippen LogP contribution in [0.25, 0.3) is 22.0 Å². The Morgan fingerprint density at radius 2 is 1.94 bits per heavy atom. The van der Waals surface area contributed by atoms with Crippen LogP contribution in [-0.4, -0.2) is 23.5 Å². The van der Waals surface area contributed by atoms with Crippen molar-refractivity contribution in [2.24, 2.45) is 5.73 Å². The molecule has 0 spiro atoms. The Morgan fingerprint density at radius 3 is 2.67 bits per heavy atom. The lowest BCUT2D eigenvalue weighted by Crippen LogP contribution is -2.48. The van der Waals surface area contributed by atoms with Crippen molar-refractivity contribution in [3.05, 3.63) is 94.1 Å². The largest absolute Gasteiger partial charge is 0.480 e. The summed E-state index contributed by atoms with van der Waals surface area (Å²) >= 11 is 6.53. The van der Waals surface area contributed by atoms with Crippen LogP contribution in [0.4, 0.5) is 8.78 Å². The van der Waals surface area contributed by atoms with E-state index < -0.39 is 23.1 Å². The van der Waals surface area contributed by atoms with Gasteiger partial charge in [-0.1, -0.05) is 41.9 Å². The van der Waals surface area contributed by atoms with Gasteiger partial charge in [0.2, 0.25) is 5.91 Å². The van der Waals surface area contributed by atoms with Gasteiger partial charge in [0.15, 0.2) is 5.60 Å². The second-order valence-electron chi connectivity index (χ2n) is 9.25. The molecule has 0 bridgehead atoms. The fraction of sp³-hybridized carbons (Fsp3) is 0.214. The molecule has 1 amide bonds. The molecular formula is C28H22ClF2N3O2. The average molecular weight is 506 g/mol. The van der Waals surface area contributed by atoms with Crippen LogP contribution < -0.4 is 15.8 Å². The van der Waals surface area contributed by atoms with Crippen LogP contribution in [-0.2, 0) is 12.0 Å². The minimum atomic E-state index is -0.865. The van der Waals surface area contributed by atoms with E-state index >= 15 is 8.78 Å². The number of primary amides is 1. The Hall–Kier alpha value is -3.55. The highest BCUT2D eigenvalue weighted by Gasteiger charge is 2.50. The molecule has 1 fully saturated rings. The van der Waals surface area contributed by atoms with Gasteiger partial charge in [-0.2, -0.15) is 0 Å². The number of carbonyl (C=O) groups excluding carboxylic acids is 1. The summed E-state index contributed by atoms with van der Waals surface area (Å²) < 4.78 is 37.9. The van der Waals surface area contributed by atoms with Crippen molar-refractivity contribution < 1.29 is 18.3 Å². The number of halogens is 3. The van der Waals surface area contributed by atoms with E-state index in [1.165, 1.54) is 18.3 Å². The lowest BCUT2D eigenvalue weighted by Gasteiger charge is -2.35. The number of rotatable bonds is 4. The number of nitrogens with one attached hydrogen (secondary N) is 1. The van der Waals surface area contributed by atoms with Gasteiger partial charge in [0.1, 0.15) is 17.4 Å². The van der Waals surface area contributed by atoms with E-state index in [1.807, 2.05) is 30.3 Å². The monoisotopic (exact) mass is 505 g/mol. The Kier molecular flexibility index (Phi) is 5.43. The highest BCUT2D eigenvalue weighted by molar-refractivity contribution is 6.34. The Bertz CT molecular complexity index is 1520. The number of nitrogens with zero attached hydrogens (tertiary/aromatic N) is 1. The Balaban J connectivity index is 1.63. The molecule has 0 radical (unpaired) electrons. The van der Waals surface area contributed by atoms with Crippen LogP contribution in [0.1, 0.15) is 34.3 Å². The normalized spacial score (nSPS) is 20.9. The molecular weight excluding hydrogens is 484 g/mol. The van der Waals surface area contributed by atoms with Crippen molar-refractivity contribution in [2.75, 3.05) is 6.54 Å². The van der Waals surface area contributed by atoms with Crippen molar-refractivity contribution in [3.63, 3.8) is 0 Å². The maximum atomic E-state index is 16.1.